The minimum Gasteiger partial charge on any atom is -0.399 e. The van der Waals surface area contributed by atoms with Crippen molar-refractivity contribution in [2.45, 2.75) is 25.8 Å². The number of benzene rings is 2. The molecular weight excluding hydrogens is 331 g/mol. The Morgan fingerprint density at radius 3 is 2.57 bits per heavy atom. The van der Waals surface area contributed by atoms with E-state index in [1.807, 2.05) is 37.3 Å². The van der Waals surface area contributed by atoms with Gasteiger partial charge in [0, 0.05) is 29.2 Å². The number of hydrogen-bond acceptors (Lipinski definition) is 2. The smallest absolute Gasteiger partial charge is 0.223 e. The SMILES string of the molecule is CC(c1ccc(Cl)cc1Cl)N(C)C(=O)CCc1ccccc1N. The third kappa shape index (κ3) is 4.40. The van der Waals surface area contributed by atoms with Crippen molar-refractivity contribution in [2.75, 3.05) is 12.8 Å². The van der Waals surface area contributed by atoms with E-state index in [1.165, 1.54) is 0 Å². The lowest BCUT2D eigenvalue weighted by molar-refractivity contribution is -0.131. The largest absolute Gasteiger partial charge is 0.399 e. The van der Waals surface area contributed by atoms with Crippen LogP contribution in [0.1, 0.15) is 30.5 Å². The Balaban J connectivity index is 2.03. The fourth-order valence-electron chi connectivity index (χ4n) is 2.44. The third-order valence-electron chi connectivity index (χ3n) is 4.05. The van der Waals surface area contributed by atoms with E-state index in [2.05, 4.69) is 0 Å². The third-order valence-corrected chi connectivity index (χ3v) is 4.61. The molecule has 0 saturated carbocycles. The number of para-hydroxylation sites is 1. The van der Waals surface area contributed by atoms with Gasteiger partial charge in [-0.15, -0.1) is 0 Å². The fraction of sp³-hybridized carbons (Fsp3) is 0.278. The van der Waals surface area contributed by atoms with Gasteiger partial charge >= 0.3 is 0 Å². The number of halogens is 2. The zero-order chi connectivity index (χ0) is 17.0. The number of amides is 1. The van der Waals surface area contributed by atoms with Crippen LogP contribution in [0.25, 0.3) is 0 Å². The molecule has 122 valence electrons. The van der Waals surface area contributed by atoms with E-state index in [4.69, 9.17) is 28.9 Å². The van der Waals surface area contributed by atoms with Gasteiger partial charge in [0.1, 0.15) is 0 Å². The predicted molar refractivity (Wildman–Crippen MR) is 96.8 cm³/mol. The molecule has 1 atom stereocenters. The number of nitrogen functional groups attached to an aromatic ring is 1. The van der Waals surface area contributed by atoms with Gasteiger partial charge in [-0.05, 0) is 42.7 Å². The summed E-state index contributed by atoms with van der Waals surface area (Å²) in [6, 6.07) is 12.8. The van der Waals surface area contributed by atoms with E-state index in [0.29, 0.717) is 22.9 Å². The molecule has 0 aliphatic rings. The van der Waals surface area contributed by atoms with Crippen molar-refractivity contribution < 1.29 is 4.79 Å². The zero-order valence-corrected chi connectivity index (χ0v) is 14.7. The molecule has 0 saturated heterocycles. The number of carbonyl (C=O) groups is 1. The van der Waals surface area contributed by atoms with Crippen LogP contribution >= 0.6 is 23.2 Å². The number of carbonyl (C=O) groups excluding carboxylic acids is 1. The van der Waals surface area contributed by atoms with Gasteiger partial charge in [-0.2, -0.15) is 0 Å². The van der Waals surface area contributed by atoms with E-state index < -0.39 is 0 Å². The predicted octanol–water partition coefficient (Wildman–Crippen LogP) is 4.73. The summed E-state index contributed by atoms with van der Waals surface area (Å²) in [6.45, 7) is 1.95. The van der Waals surface area contributed by atoms with Crippen LogP contribution in [0.2, 0.25) is 10.0 Å². The Hall–Kier alpha value is -1.71. The normalized spacial score (nSPS) is 12.0. The first kappa shape index (κ1) is 17.6. The second-order valence-corrected chi connectivity index (χ2v) is 6.39. The molecule has 0 radical (unpaired) electrons. The summed E-state index contributed by atoms with van der Waals surface area (Å²) in [5.74, 6) is 0.0479. The average molecular weight is 351 g/mol. The van der Waals surface area contributed by atoms with Crippen molar-refractivity contribution in [1.29, 1.82) is 0 Å². The minimum atomic E-state index is -0.125. The summed E-state index contributed by atoms with van der Waals surface area (Å²) in [7, 11) is 1.78. The Bertz CT molecular complexity index is 703. The quantitative estimate of drug-likeness (QED) is 0.792. The Labute approximate surface area is 147 Å². The molecule has 2 N–H and O–H groups in total. The highest BCUT2D eigenvalue weighted by atomic mass is 35.5. The van der Waals surface area contributed by atoms with Gasteiger partial charge in [0.15, 0.2) is 0 Å². The highest BCUT2D eigenvalue weighted by molar-refractivity contribution is 6.35. The summed E-state index contributed by atoms with van der Waals surface area (Å²) in [6.07, 6.45) is 1.02. The van der Waals surface area contributed by atoms with Crippen LogP contribution < -0.4 is 5.73 Å². The fourth-order valence-corrected chi connectivity index (χ4v) is 3.01. The van der Waals surface area contributed by atoms with E-state index >= 15 is 0 Å². The average Bonchev–Trinajstić information content (AvgIpc) is 2.52. The van der Waals surface area contributed by atoms with Gasteiger partial charge in [0.25, 0.3) is 0 Å². The highest BCUT2D eigenvalue weighted by Crippen LogP contribution is 2.29. The monoisotopic (exact) mass is 350 g/mol. The summed E-state index contributed by atoms with van der Waals surface area (Å²) >= 11 is 12.1. The molecular formula is C18H20Cl2N2O. The lowest BCUT2D eigenvalue weighted by atomic mass is 10.0. The maximum atomic E-state index is 12.4. The van der Waals surface area contributed by atoms with E-state index in [9.17, 15) is 4.79 Å². The molecule has 5 heteroatoms. The van der Waals surface area contributed by atoms with Crippen LogP contribution in [0.5, 0.6) is 0 Å². The van der Waals surface area contributed by atoms with Gasteiger partial charge in [0.2, 0.25) is 5.91 Å². The van der Waals surface area contributed by atoms with Crippen LogP contribution in [0.4, 0.5) is 5.69 Å². The van der Waals surface area contributed by atoms with Crippen molar-refractivity contribution in [1.82, 2.24) is 4.90 Å². The summed E-state index contributed by atoms with van der Waals surface area (Å²) in [5.41, 5.74) is 8.50. The molecule has 23 heavy (non-hydrogen) atoms. The van der Waals surface area contributed by atoms with E-state index in [1.54, 1.807) is 24.1 Å². The molecule has 2 aromatic rings. The second kappa shape index (κ2) is 7.71. The molecule has 0 aliphatic heterocycles. The maximum Gasteiger partial charge on any atom is 0.223 e. The molecule has 0 aliphatic carbocycles. The first-order valence-corrected chi connectivity index (χ1v) is 8.19. The molecule has 1 amide bonds. The minimum absolute atomic E-state index is 0.0479. The Morgan fingerprint density at radius 1 is 1.22 bits per heavy atom. The number of nitrogens with two attached hydrogens (primary N) is 1. The van der Waals surface area contributed by atoms with Crippen LogP contribution in [0, 0.1) is 0 Å². The van der Waals surface area contributed by atoms with Crippen molar-refractivity contribution in [3.63, 3.8) is 0 Å². The standard InChI is InChI=1S/C18H20Cl2N2O/c1-12(15-9-8-14(19)11-16(15)20)22(2)18(23)10-7-13-5-3-4-6-17(13)21/h3-6,8-9,11-12H,7,10,21H2,1-2H3. The number of anilines is 1. The Morgan fingerprint density at radius 2 is 1.91 bits per heavy atom. The first-order valence-electron chi connectivity index (χ1n) is 7.44. The molecule has 1 unspecified atom stereocenters. The number of rotatable bonds is 5. The van der Waals surface area contributed by atoms with Gasteiger partial charge < -0.3 is 10.6 Å². The van der Waals surface area contributed by atoms with Crippen molar-refractivity contribution in [3.05, 3.63) is 63.6 Å². The molecule has 0 bridgehead atoms. The number of nitrogens with zero attached hydrogens (tertiary/aromatic N) is 1. The maximum absolute atomic E-state index is 12.4. The van der Waals surface area contributed by atoms with Gasteiger partial charge in [0.05, 0.1) is 6.04 Å². The van der Waals surface area contributed by atoms with Crippen molar-refractivity contribution >= 4 is 34.8 Å². The molecule has 0 spiro atoms. The van der Waals surface area contributed by atoms with Crippen molar-refractivity contribution in [3.8, 4) is 0 Å². The molecule has 2 aromatic carbocycles. The van der Waals surface area contributed by atoms with Gasteiger partial charge in [-0.25, -0.2) is 0 Å². The van der Waals surface area contributed by atoms with Gasteiger partial charge in [-0.1, -0.05) is 47.5 Å². The van der Waals surface area contributed by atoms with Gasteiger partial charge in [-0.3, -0.25) is 4.79 Å². The van der Waals surface area contributed by atoms with Crippen LogP contribution in [0.3, 0.4) is 0 Å². The lowest BCUT2D eigenvalue weighted by Gasteiger charge is -2.26. The van der Waals surface area contributed by atoms with Crippen molar-refractivity contribution in [2.24, 2.45) is 0 Å². The number of hydrogen-bond donors (Lipinski definition) is 1. The molecule has 3 nitrogen and oxygen atoms in total. The first-order chi connectivity index (χ1) is 10.9. The lowest BCUT2D eigenvalue weighted by Crippen LogP contribution is -2.30. The Kier molecular flexibility index (Phi) is 5.91. The number of aryl methyl sites for hydroxylation is 1. The summed E-state index contributed by atoms with van der Waals surface area (Å²) < 4.78 is 0. The summed E-state index contributed by atoms with van der Waals surface area (Å²) in [5, 5.41) is 1.15. The van der Waals surface area contributed by atoms with Crippen LogP contribution in [-0.4, -0.2) is 17.9 Å². The summed E-state index contributed by atoms with van der Waals surface area (Å²) in [4.78, 5) is 14.1. The second-order valence-electron chi connectivity index (χ2n) is 5.55. The zero-order valence-electron chi connectivity index (χ0n) is 13.2. The molecule has 0 aromatic heterocycles. The van der Waals surface area contributed by atoms with E-state index in [-0.39, 0.29) is 11.9 Å². The topological polar surface area (TPSA) is 46.3 Å². The van der Waals surface area contributed by atoms with E-state index in [0.717, 1.165) is 16.8 Å². The van der Waals surface area contributed by atoms with Crippen LogP contribution in [-0.2, 0) is 11.2 Å². The highest BCUT2D eigenvalue weighted by Gasteiger charge is 2.19. The molecule has 0 fully saturated rings. The molecule has 2 rings (SSSR count). The van der Waals surface area contributed by atoms with Crippen LogP contribution in [0.15, 0.2) is 42.5 Å². The molecule has 0 heterocycles.